The van der Waals surface area contributed by atoms with Gasteiger partial charge in [0.05, 0.1) is 0 Å². The normalized spacial score (nSPS) is 12.4. The third-order valence-corrected chi connectivity index (χ3v) is 4.44. The van der Waals surface area contributed by atoms with Gasteiger partial charge in [-0.1, -0.05) is 20.8 Å². The summed E-state index contributed by atoms with van der Waals surface area (Å²) in [4.78, 5) is 9.16. The summed E-state index contributed by atoms with van der Waals surface area (Å²) in [6, 6.07) is 0. The molecule has 0 aliphatic heterocycles. The van der Waals surface area contributed by atoms with Crippen molar-refractivity contribution in [3.05, 3.63) is 11.4 Å². The molecule has 1 aromatic heterocycles. The Morgan fingerprint density at radius 3 is 2.10 bits per heavy atom. The van der Waals surface area contributed by atoms with Crippen molar-refractivity contribution >= 4 is 23.4 Å². The maximum atomic E-state index is 5.57. The van der Waals surface area contributed by atoms with Gasteiger partial charge >= 0.3 is 0 Å². The van der Waals surface area contributed by atoms with Crippen LogP contribution in [0.15, 0.2) is 0 Å². The Morgan fingerprint density at radius 2 is 1.65 bits per heavy atom. The Morgan fingerprint density at radius 1 is 1.10 bits per heavy atom. The number of hydrogen-bond acceptors (Lipinski definition) is 6. The molecular weight excluding hydrogens is 270 g/mol. The first kappa shape index (κ1) is 17.0. The molecule has 0 unspecified atom stereocenters. The molecule has 0 amide bonds. The van der Waals surface area contributed by atoms with Gasteiger partial charge in [-0.2, -0.15) is 11.8 Å². The van der Waals surface area contributed by atoms with E-state index in [4.69, 9.17) is 5.84 Å². The van der Waals surface area contributed by atoms with E-state index in [1.807, 2.05) is 18.7 Å². The second kappa shape index (κ2) is 6.18. The molecular formula is C14H27N5S. The van der Waals surface area contributed by atoms with Gasteiger partial charge in [-0.05, 0) is 27.0 Å². The van der Waals surface area contributed by atoms with Crippen molar-refractivity contribution < 1.29 is 0 Å². The highest BCUT2D eigenvalue weighted by molar-refractivity contribution is 7.99. The van der Waals surface area contributed by atoms with Crippen LogP contribution in [0.2, 0.25) is 0 Å². The second-order valence-corrected chi connectivity index (χ2v) is 8.09. The van der Waals surface area contributed by atoms with E-state index in [0.29, 0.717) is 5.82 Å². The topological polar surface area (TPSA) is 75.9 Å². The van der Waals surface area contributed by atoms with Crippen molar-refractivity contribution in [3.63, 3.8) is 0 Å². The van der Waals surface area contributed by atoms with Gasteiger partial charge in [0.2, 0.25) is 0 Å². The van der Waals surface area contributed by atoms with Crippen molar-refractivity contribution in [2.75, 3.05) is 23.5 Å². The highest BCUT2D eigenvalue weighted by atomic mass is 32.2. The van der Waals surface area contributed by atoms with Crippen molar-refractivity contribution in [2.24, 2.45) is 5.84 Å². The van der Waals surface area contributed by atoms with Crippen LogP contribution in [0, 0.1) is 6.92 Å². The lowest BCUT2D eigenvalue weighted by Crippen LogP contribution is -2.28. The first-order valence-electron chi connectivity index (χ1n) is 6.75. The summed E-state index contributed by atoms with van der Waals surface area (Å²) in [7, 11) is 0. The van der Waals surface area contributed by atoms with Crippen LogP contribution in [0.1, 0.15) is 46.0 Å². The van der Waals surface area contributed by atoms with Crippen LogP contribution in [-0.4, -0.2) is 27.5 Å². The average Bonchev–Trinajstić information content (AvgIpc) is 2.36. The van der Waals surface area contributed by atoms with Crippen LogP contribution in [0.4, 0.5) is 11.6 Å². The molecule has 0 radical (unpaired) electrons. The minimum Gasteiger partial charge on any atom is -0.368 e. The van der Waals surface area contributed by atoms with Crippen LogP contribution in [0.5, 0.6) is 0 Å². The molecule has 0 aromatic carbocycles. The van der Waals surface area contributed by atoms with Gasteiger partial charge in [-0.25, -0.2) is 15.8 Å². The number of hydrazine groups is 1. The predicted molar refractivity (Wildman–Crippen MR) is 89.4 cm³/mol. The Labute approximate surface area is 126 Å². The Hall–Kier alpha value is -1.01. The Balaban J connectivity index is 3.12. The van der Waals surface area contributed by atoms with Crippen molar-refractivity contribution in [1.82, 2.24) is 9.97 Å². The zero-order chi connectivity index (χ0) is 15.6. The molecule has 1 heterocycles. The Bertz CT molecular complexity index is 465. The summed E-state index contributed by atoms with van der Waals surface area (Å²) in [6.07, 6.45) is 2.11. The number of nitrogens with one attached hydrogen (secondary N) is 2. The minimum atomic E-state index is -0.120. The van der Waals surface area contributed by atoms with Crippen LogP contribution in [0.3, 0.4) is 0 Å². The zero-order valence-corrected chi connectivity index (χ0v) is 14.4. The lowest BCUT2D eigenvalue weighted by molar-refractivity contribution is 0.546. The van der Waals surface area contributed by atoms with Gasteiger partial charge in [0, 0.05) is 22.3 Å². The van der Waals surface area contributed by atoms with Crippen LogP contribution >= 0.6 is 11.8 Å². The molecule has 0 atom stereocenters. The predicted octanol–water partition coefficient (Wildman–Crippen LogP) is 2.92. The van der Waals surface area contributed by atoms with E-state index in [9.17, 15) is 0 Å². The fraction of sp³-hybridized carbons (Fsp3) is 0.714. The van der Waals surface area contributed by atoms with Crippen molar-refractivity contribution in [1.29, 1.82) is 0 Å². The molecule has 5 nitrogen and oxygen atoms in total. The SMILES string of the molecule is CSC(C)(C)CNc1nc(C(C)(C)C)nc(NN)c1C. The van der Waals surface area contributed by atoms with E-state index in [1.54, 1.807) is 0 Å². The number of rotatable bonds is 5. The first-order valence-corrected chi connectivity index (χ1v) is 7.98. The largest absolute Gasteiger partial charge is 0.368 e. The third kappa shape index (κ3) is 4.24. The molecule has 4 N–H and O–H groups in total. The number of hydrogen-bond donors (Lipinski definition) is 3. The molecule has 1 rings (SSSR count). The quantitative estimate of drug-likeness (QED) is 0.573. The molecule has 114 valence electrons. The lowest BCUT2D eigenvalue weighted by Gasteiger charge is -2.25. The van der Waals surface area contributed by atoms with Gasteiger partial charge in [-0.3, -0.25) is 0 Å². The summed E-state index contributed by atoms with van der Waals surface area (Å²) in [6.45, 7) is 13.5. The fourth-order valence-electron chi connectivity index (χ4n) is 1.53. The molecule has 0 aliphatic carbocycles. The van der Waals surface area contributed by atoms with Crippen LogP contribution < -0.4 is 16.6 Å². The molecule has 1 aromatic rings. The van der Waals surface area contributed by atoms with Crippen molar-refractivity contribution in [3.8, 4) is 0 Å². The first-order chi connectivity index (χ1) is 9.10. The van der Waals surface area contributed by atoms with E-state index < -0.39 is 0 Å². The molecule has 0 fully saturated rings. The summed E-state index contributed by atoms with van der Waals surface area (Å²) < 4.78 is 0.148. The molecule has 6 heteroatoms. The van der Waals surface area contributed by atoms with E-state index in [1.165, 1.54) is 0 Å². The van der Waals surface area contributed by atoms with E-state index >= 15 is 0 Å². The molecule has 0 bridgehead atoms. The maximum Gasteiger partial charge on any atom is 0.148 e. The number of nitrogens with zero attached hydrogens (tertiary/aromatic N) is 2. The van der Waals surface area contributed by atoms with E-state index in [2.05, 4.69) is 61.6 Å². The molecule has 20 heavy (non-hydrogen) atoms. The van der Waals surface area contributed by atoms with E-state index in [0.717, 1.165) is 23.8 Å². The van der Waals surface area contributed by atoms with Gasteiger partial charge in [0.1, 0.15) is 17.5 Å². The monoisotopic (exact) mass is 297 g/mol. The third-order valence-electron chi connectivity index (χ3n) is 3.19. The number of aromatic nitrogens is 2. The van der Waals surface area contributed by atoms with Gasteiger partial charge in [-0.15, -0.1) is 0 Å². The van der Waals surface area contributed by atoms with Gasteiger partial charge in [0.15, 0.2) is 0 Å². The summed E-state index contributed by atoms with van der Waals surface area (Å²) in [5, 5.41) is 3.42. The van der Waals surface area contributed by atoms with E-state index in [-0.39, 0.29) is 10.2 Å². The van der Waals surface area contributed by atoms with Crippen molar-refractivity contribution in [2.45, 2.75) is 51.7 Å². The summed E-state index contributed by atoms with van der Waals surface area (Å²) >= 11 is 1.83. The number of nitrogens with two attached hydrogens (primary N) is 1. The smallest absolute Gasteiger partial charge is 0.148 e. The van der Waals surface area contributed by atoms with Gasteiger partial charge < -0.3 is 10.7 Å². The van der Waals surface area contributed by atoms with Gasteiger partial charge in [0.25, 0.3) is 0 Å². The fourth-order valence-corrected chi connectivity index (χ4v) is 1.75. The molecule has 0 aliphatic rings. The highest BCUT2D eigenvalue weighted by Gasteiger charge is 2.22. The summed E-state index contributed by atoms with van der Waals surface area (Å²) in [5.74, 6) is 7.87. The van der Waals surface area contributed by atoms with Crippen LogP contribution in [0.25, 0.3) is 0 Å². The molecule has 0 spiro atoms. The lowest BCUT2D eigenvalue weighted by atomic mass is 9.95. The highest BCUT2D eigenvalue weighted by Crippen LogP contribution is 2.27. The zero-order valence-electron chi connectivity index (χ0n) is 13.6. The molecule has 0 saturated heterocycles. The average molecular weight is 297 g/mol. The second-order valence-electron chi connectivity index (χ2n) is 6.58. The minimum absolute atomic E-state index is 0.120. The summed E-state index contributed by atoms with van der Waals surface area (Å²) in [5.41, 5.74) is 3.48. The number of anilines is 2. The maximum absolute atomic E-state index is 5.57. The standard InChI is InChI=1S/C14H27N5S/c1-9-10(16-8-14(5,6)20-7)17-12(13(2,3)4)18-11(9)19-15/h8,15H2,1-7H3,(H2,16,17,18,19). The Kier molecular flexibility index (Phi) is 5.27. The number of nitrogen functional groups attached to an aromatic ring is 1. The molecule has 0 saturated carbocycles. The number of thioether (sulfide) groups is 1. The van der Waals surface area contributed by atoms with Crippen LogP contribution in [-0.2, 0) is 5.41 Å².